The standard InChI is InChI=1S/C8H5F2NO5/c1-15-8(12)16-4-2-5(9)7(10)6(3-4)11(13)14/h2-3H,1H3. The van der Waals surface area contributed by atoms with Crippen molar-refractivity contribution in [1.82, 2.24) is 0 Å². The Morgan fingerprint density at radius 3 is 2.56 bits per heavy atom. The summed E-state index contributed by atoms with van der Waals surface area (Å²) in [5, 5.41) is 10.3. The van der Waals surface area contributed by atoms with Gasteiger partial charge in [-0.1, -0.05) is 0 Å². The largest absolute Gasteiger partial charge is 0.513 e. The van der Waals surface area contributed by atoms with Crippen molar-refractivity contribution in [1.29, 1.82) is 0 Å². The molecule has 0 aromatic heterocycles. The number of rotatable bonds is 2. The minimum absolute atomic E-state index is 0.499. The maximum absolute atomic E-state index is 12.9. The number of halogens is 2. The predicted molar refractivity (Wildman–Crippen MR) is 46.0 cm³/mol. The van der Waals surface area contributed by atoms with E-state index in [1.807, 2.05) is 0 Å². The van der Waals surface area contributed by atoms with E-state index in [4.69, 9.17) is 0 Å². The van der Waals surface area contributed by atoms with E-state index in [1.54, 1.807) is 0 Å². The normalized spacial score (nSPS) is 9.69. The fourth-order valence-corrected chi connectivity index (χ4v) is 0.880. The second kappa shape index (κ2) is 4.51. The molecular formula is C8H5F2NO5. The number of carbonyl (C=O) groups excluding carboxylic acids is 1. The summed E-state index contributed by atoms with van der Waals surface area (Å²) < 4.78 is 34.1. The van der Waals surface area contributed by atoms with Gasteiger partial charge in [-0.2, -0.15) is 4.39 Å². The molecule has 0 heterocycles. The van der Waals surface area contributed by atoms with Crippen molar-refractivity contribution in [3.8, 4) is 5.75 Å². The van der Waals surface area contributed by atoms with E-state index in [0.717, 1.165) is 7.11 Å². The van der Waals surface area contributed by atoms with Gasteiger partial charge in [0.1, 0.15) is 5.75 Å². The van der Waals surface area contributed by atoms with Gasteiger partial charge in [0.15, 0.2) is 5.82 Å². The highest BCUT2D eigenvalue weighted by molar-refractivity contribution is 5.64. The molecule has 0 aliphatic heterocycles. The highest BCUT2D eigenvalue weighted by atomic mass is 19.2. The molecule has 86 valence electrons. The molecule has 6 nitrogen and oxygen atoms in total. The van der Waals surface area contributed by atoms with Crippen molar-refractivity contribution in [2.45, 2.75) is 0 Å². The van der Waals surface area contributed by atoms with Gasteiger partial charge in [0, 0.05) is 6.07 Å². The van der Waals surface area contributed by atoms with Gasteiger partial charge < -0.3 is 9.47 Å². The molecule has 16 heavy (non-hydrogen) atoms. The second-order valence-electron chi connectivity index (χ2n) is 2.55. The van der Waals surface area contributed by atoms with Crippen LogP contribution in [0.4, 0.5) is 19.3 Å². The topological polar surface area (TPSA) is 78.7 Å². The van der Waals surface area contributed by atoms with Crippen LogP contribution in [0.3, 0.4) is 0 Å². The molecular weight excluding hydrogens is 228 g/mol. The predicted octanol–water partition coefficient (Wildman–Crippen LogP) is 2.02. The molecule has 0 N–H and O–H groups in total. The number of nitro benzene ring substituents is 1. The Balaban J connectivity index is 3.14. The second-order valence-corrected chi connectivity index (χ2v) is 2.55. The molecule has 0 saturated heterocycles. The number of hydrogen-bond donors (Lipinski definition) is 0. The number of methoxy groups -OCH3 is 1. The van der Waals surface area contributed by atoms with Crippen LogP contribution in [0.1, 0.15) is 0 Å². The van der Waals surface area contributed by atoms with Crippen molar-refractivity contribution >= 4 is 11.8 Å². The fraction of sp³-hybridized carbons (Fsp3) is 0.125. The van der Waals surface area contributed by atoms with Gasteiger partial charge in [0.05, 0.1) is 18.1 Å². The zero-order chi connectivity index (χ0) is 12.3. The summed E-state index contributed by atoms with van der Waals surface area (Å²) in [7, 11) is 0.997. The number of nitrogens with zero attached hydrogens (tertiary/aromatic N) is 1. The van der Waals surface area contributed by atoms with Crippen molar-refractivity contribution in [3.05, 3.63) is 33.9 Å². The van der Waals surface area contributed by atoms with Gasteiger partial charge in [0.25, 0.3) is 0 Å². The Hall–Kier alpha value is -2.25. The molecule has 0 radical (unpaired) electrons. The lowest BCUT2D eigenvalue weighted by molar-refractivity contribution is -0.387. The minimum atomic E-state index is -1.62. The summed E-state index contributed by atoms with van der Waals surface area (Å²) in [6.45, 7) is 0. The summed E-state index contributed by atoms with van der Waals surface area (Å²) in [4.78, 5) is 19.8. The first-order valence-corrected chi connectivity index (χ1v) is 3.85. The number of nitro groups is 1. The Kier molecular flexibility index (Phi) is 3.33. The van der Waals surface area contributed by atoms with Crippen molar-refractivity contribution in [2.24, 2.45) is 0 Å². The number of hydrogen-bond acceptors (Lipinski definition) is 5. The summed E-state index contributed by atoms with van der Waals surface area (Å²) in [5.41, 5.74) is -1.13. The summed E-state index contributed by atoms with van der Waals surface area (Å²) >= 11 is 0. The van der Waals surface area contributed by atoms with Gasteiger partial charge >= 0.3 is 11.8 Å². The molecule has 0 saturated carbocycles. The summed E-state index contributed by atoms with van der Waals surface area (Å²) in [5.74, 6) is -3.63. The van der Waals surface area contributed by atoms with Crippen molar-refractivity contribution in [2.75, 3.05) is 7.11 Å². The lowest BCUT2D eigenvalue weighted by atomic mass is 10.3. The summed E-state index contributed by atoms with van der Waals surface area (Å²) in [6.07, 6.45) is -1.19. The maximum Gasteiger partial charge on any atom is 0.513 e. The van der Waals surface area contributed by atoms with Gasteiger partial charge in [-0.15, -0.1) is 0 Å². The molecule has 0 aliphatic carbocycles. The van der Waals surface area contributed by atoms with E-state index < -0.39 is 34.2 Å². The molecule has 0 spiro atoms. The molecule has 1 aromatic rings. The van der Waals surface area contributed by atoms with E-state index >= 15 is 0 Å². The van der Waals surface area contributed by atoms with Gasteiger partial charge in [0.2, 0.25) is 5.82 Å². The van der Waals surface area contributed by atoms with Crippen LogP contribution in [0.25, 0.3) is 0 Å². The lowest BCUT2D eigenvalue weighted by Gasteiger charge is -2.03. The van der Waals surface area contributed by atoms with Crippen LogP contribution in [-0.2, 0) is 4.74 Å². The highest BCUT2D eigenvalue weighted by Crippen LogP contribution is 2.26. The average Bonchev–Trinajstić information content (AvgIpc) is 2.22. The third kappa shape index (κ3) is 2.41. The van der Waals surface area contributed by atoms with E-state index in [0.29, 0.717) is 12.1 Å². The molecule has 0 aliphatic rings. The molecule has 1 aromatic carbocycles. The van der Waals surface area contributed by atoms with E-state index in [1.165, 1.54) is 0 Å². The molecule has 0 fully saturated rings. The number of benzene rings is 1. The van der Waals surface area contributed by atoms with Gasteiger partial charge in [-0.3, -0.25) is 10.1 Å². The van der Waals surface area contributed by atoms with Crippen LogP contribution >= 0.6 is 0 Å². The first-order chi connectivity index (χ1) is 7.45. The van der Waals surface area contributed by atoms with Crippen LogP contribution in [0.5, 0.6) is 5.75 Å². The lowest BCUT2D eigenvalue weighted by Crippen LogP contribution is -2.08. The zero-order valence-electron chi connectivity index (χ0n) is 7.90. The molecule has 0 atom stereocenters. The first-order valence-electron chi connectivity index (χ1n) is 3.85. The Morgan fingerprint density at radius 1 is 1.44 bits per heavy atom. The molecule has 0 amide bonds. The smallest absolute Gasteiger partial charge is 0.437 e. The minimum Gasteiger partial charge on any atom is -0.437 e. The Labute approximate surface area is 87.5 Å². The molecule has 1 rings (SSSR count). The van der Waals surface area contributed by atoms with Gasteiger partial charge in [-0.05, 0) is 0 Å². The van der Waals surface area contributed by atoms with Crippen LogP contribution < -0.4 is 4.74 Å². The third-order valence-electron chi connectivity index (χ3n) is 1.55. The van der Waals surface area contributed by atoms with Crippen molar-refractivity contribution in [3.63, 3.8) is 0 Å². The van der Waals surface area contributed by atoms with Crippen LogP contribution in [-0.4, -0.2) is 18.2 Å². The molecule has 0 unspecified atom stereocenters. The highest BCUT2D eigenvalue weighted by Gasteiger charge is 2.21. The molecule has 8 heteroatoms. The van der Waals surface area contributed by atoms with Crippen LogP contribution in [0, 0.1) is 21.7 Å². The number of carbonyl (C=O) groups is 1. The number of ether oxygens (including phenoxy) is 2. The first kappa shape index (κ1) is 11.8. The van der Waals surface area contributed by atoms with E-state index in [2.05, 4.69) is 9.47 Å². The summed E-state index contributed by atoms with van der Waals surface area (Å²) in [6, 6.07) is 1.08. The van der Waals surface area contributed by atoms with E-state index in [9.17, 15) is 23.7 Å². The quantitative estimate of drug-likeness (QED) is 0.338. The Bertz CT molecular complexity index is 448. The average molecular weight is 233 g/mol. The zero-order valence-corrected chi connectivity index (χ0v) is 7.90. The third-order valence-corrected chi connectivity index (χ3v) is 1.55. The molecule has 0 bridgehead atoms. The monoisotopic (exact) mass is 233 g/mol. The van der Waals surface area contributed by atoms with E-state index in [-0.39, 0.29) is 0 Å². The van der Waals surface area contributed by atoms with Gasteiger partial charge in [-0.25, -0.2) is 9.18 Å². The van der Waals surface area contributed by atoms with Crippen LogP contribution in [0.2, 0.25) is 0 Å². The fourth-order valence-electron chi connectivity index (χ4n) is 0.880. The van der Waals surface area contributed by atoms with Crippen LogP contribution in [0.15, 0.2) is 12.1 Å². The SMILES string of the molecule is COC(=O)Oc1cc(F)c(F)c([N+](=O)[O-])c1. The maximum atomic E-state index is 12.9. The van der Waals surface area contributed by atoms with Crippen molar-refractivity contribution < 1.29 is 28.0 Å². The Morgan fingerprint density at radius 2 is 2.06 bits per heavy atom.